The summed E-state index contributed by atoms with van der Waals surface area (Å²) in [4.78, 5) is 0.0336. The Morgan fingerprint density at radius 1 is 1.00 bits per heavy atom. The third-order valence-electron chi connectivity index (χ3n) is 3.31. The van der Waals surface area contributed by atoms with Crippen molar-refractivity contribution < 1.29 is 12.9 Å². The van der Waals surface area contributed by atoms with E-state index in [0.717, 1.165) is 11.1 Å². The van der Waals surface area contributed by atoms with E-state index in [-0.39, 0.29) is 4.90 Å². The molecule has 6 heteroatoms. The monoisotopic (exact) mass is 333 g/mol. The van der Waals surface area contributed by atoms with Crippen LogP contribution in [0.5, 0.6) is 0 Å². The molecule has 22 heavy (non-hydrogen) atoms. The van der Waals surface area contributed by atoms with E-state index in [9.17, 15) is 8.42 Å². The zero-order valence-electron chi connectivity index (χ0n) is 11.7. The zero-order valence-corrected chi connectivity index (χ0v) is 13.2. The van der Waals surface area contributed by atoms with Gasteiger partial charge in [-0.3, -0.25) is 0 Å². The smallest absolute Gasteiger partial charge is 0.261 e. The lowest BCUT2D eigenvalue weighted by atomic mass is 10.00. The summed E-state index contributed by atoms with van der Waals surface area (Å²) >= 11 is 0. The molecule has 3 aromatic rings. The Balaban J connectivity index is 2.19. The minimum atomic E-state index is -3.79. The molecule has 1 heterocycles. The summed E-state index contributed by atoms with van der Waals surface area (Å²) in [6.07, 6.45) is 0. The quantitative estimate of drug-likeness (QED) is 0.672. The lowest BCUT2D eigenvalue weighted by Crippen LogP contribution is -1.91. The molecule has 1 aromatic heterocycles. The van der Waals surface area contributed by atoms with Crippen LogP contribution in [-0.4, -0.2) is 13.6 Å². The summed E-state index contributed by atoms with van der Waals surface area (Å²) < 4.78 is 28.3. The zero-order chi connectivity index (χ0) is 15.7. The molecule has 0 spiro atoms. The molecule has 0 aliphatic heterocycles. The Hall–Kier alpha value is -2.11. The maximum absolute atomic E-state index is 11.5. The minimum absolute atomic E-state index is 0.0336. The van der Waals surface area contributed by atoms with Gasteiger partial charge in [0.2, 0.25) is 0 Å². The normalized spacial score (nSPS) is 11.5. The summed E-state index contributed by atoms with van der Waals surface area (Å²) in [5, 5.41) is 4.07. The molecule has 0 saturated carbocycles. The van der Waals surface area contributed by atoms with Gasteiger partial charge in [0.15, 0.2) is 0 Å². The number of halogens is 1. The van der Waals surface area contributed by atoms with E-state index in [1.165, 1.54) is 12.1 Å². The second kappa shape index (κ2) is 5.59. The second-order valence-corrected chi connectivity index (χ2v) is 7.36. The van der Waals surface area contributed by atoms with Crippen LogP contribution in [0.25, 0.3) is 22.4 Å². The van der Waals surface area contributed by atoms with E-state index >= 15 is 0 Å². The highest BCUT2D eigenvalue weighted by Crippen LogP contribution is 2.35. The first-order chi connectivity index (χ1) is 10.5. The predicted molar refractivity (Wildman–Crippen MR) is 85.2 cm³/mol. The first kappa shape index (κ1) is 14.8. The molecule has 0 bridgehead atoms. The molecule has 0 aliphatic rings. The molecule has 0 saturated heterocycles. The topological polar surface area (TPSA) is 60.2 Å². The Kier molecular flexibility index (Phi) is 3.76. The molecule has 0 fully saturated rings. The van der Waals surface area contributed by atoms with Crippen LogP contribution in [0.4, 0.5) is 0 Å². The van der Waals surface area contributed by atoms with Crippen LogP contribution in [0.1, 0.15) is 5.76 Å². The first-order valence-corrected chi connectivity index (χ1v) is 8.84. The predicted octanol–water partition coefficient (Wildman–Crippen LogP) is 4.24. The largest absolute Gasteiger partial charge is 0.360 e. The van der Waals surface area contributed by atoms with Crippen LogP contribution in [0.3, 0.4) is 0 Å². The lowest BCUT2D eigenvalue weighted by molar-refractivity contribution is 0.400. The second-order valence-electron chi connectivity index (χ2n) is 4.79. The molecule has 2 aromatic carbocycles. The minimum Gasteiger partial charge on any atom is -0.360 e. The molecule has 4 nitrogen and oxygen atoms in total. The molecule has 3 rings (SSSR count). The fourth-order valence-corrected chi connectivity index (χ4v) is 3.11. The van der Waals surface area contributed by atoms with Crippen LogP contribution in [-0.2, 0) is 9.05 Å². The highest BCUT2D eigenvalue weighted by atomic mass is 35.7. The maximum atomic E-state index is 11.5. The number of hydrogen-bond donors (Lipinski definition) is 0. The van der Waals surface area contributed by atoms with Crippen molar-refractivity contribution in [3.8, 4) is 22.4 Å². The van der Waals surface area contributed by atoms with Crippen LogP contribution in [0.15, 0.2) is 64.0 Å². The van der Waals surface area contributed by atoms with E-state index in [2.05, 4.69) is 5.16 Å². The SMILES string of the molecule is Cc1onc(-c2cccc(S(=O)(=O)Cl)c2)c1-c1ccccc1. The van der Waals surface area contributed by atoms with Gasteiger partial charge in [-0.2, -0.15) is 0 Å². The van der Waals surface area contributed by atoms with Crippen molar-refractivity contribution in [3.63, 3.8) is 0 Å². The van der Waals surface area contributed by atoms with Crippen molar-refractivity contribution in [2.45, 2.75) is 11.8 Å². The van der Waals surface area contributed by atoms with Gasteiger partial charge >= 0.3 is 0 Å². The Bertz CT molecular complexity index is 918. The third kappa shape index (κ3) is 2.77. The van der Waals surface area contributed by atoms with Crippen molar-refractivity contribution in [1.29, 1.82) is 0 Å². The van der Waals surface area contributed by atoms with Crippen molar-refractivity contribution in [2.75, 3.05) is 0 Å². The van der Waals surface area contributed by atoms with E-state index < -0.39 is 9.05 Å². The van der Waals surface area contributed by atoms with Gasteiger partial charge in [-0.1, -0.05) is 47.6 Å². The Morgan fingerprint density at radius 2 is 1.68 bits per heavy atom. The van der Waals surface area contributed by atoms with Gasteiger partial charge in [-0.05, 0) is 24.6 Å². The number of benzene rings is 2. The standard InChI is InChI=1S/C16H12ClNO3S/c1-11-15(12-6-3-2-4-7-12)16(18-21-11)13-8-5-9-14(10-13)22(17,19)20/h2-10H,1H3. The Morgan fingerprint density at radius 3 is 2.36 bits per heavy atom. The molecular weight excluding hydrogens is 322 g/mol. The molecule has 0 unspecified atom stereocenters. The van der Waals surface area contributed by atoms with Gasteiger partial charge in [-0.25, -0.2) is 8.42 Å². The van der Waals surface area contributed by atoms with Crippen LogP contribution in [0.2, 0.25) is 0 Å². The number of nitrogens with zero attached hydrogens (tertiary/aromatic N) is 1. The number of aromatic nitrogens is 1. The summed E-state index contributed by atoms with van der Waals surface area (Å²) in [6.45, 7) is 1.82. The van der Waals surface area contributed by atoms with Crippen molar-refractivity contribution in [2.24, 2.45) is 0 Å². The van der Waals surface area contributed by atoms with Gasteiger partial charge in [0.1, 0.15) is 11.5 Å². The molecule has 112 valence electrons. The number of rotatable bonds is 3. The summed E-state index contributed by atoms with van der Waals surface area (Å²) in [6, 6.07) is 16.0. The summed E-state index contributed by atoms with van der Waals surface area (Å²) in [5.41, 5.74) is 3.02. The lowest BCUT2D eigenvalue weighted by Gasteiger charge is -2.04. The molecule has 0 N–H and O–H groups in total. The fraction of sp³-hybridized carbons (Fsp3) is 0.0625. The first-order valence-electron chi connectivity index (χ1n) is 6.53. The molecule has 0 atom stereocenters. The van der Waals surface area contributed by atoms with Gasteiger partial charge in [-0.15, -0.1) is 0 Å². The molecular formula is C16H12ClNO3S. The van der Waals surface area contributed by atoms with Crippen LogP contribution in [0, 0.1) is 6.92 Å². The number of hydrogen-bond acceptors (Lipinski definition) is 4. The molecule has 0 aliphatic carbocycles. The molecule has 0 radical (unpaired) electrons. The van der Waals surface area contributed by atoms with Gasteiger partial charge in [0.25, 0.3) is 9.05 Å². The van der Waals surface area contributed by atoms with E-state index in [1.54, 1.807) is 12.1 Å². The highest BCUT2D eigenvalue weighted by molar-refractivity contribution is 8.13. The average molecular weight is 334 g/mol. The van der Waals surface area contributed by atoms with E-state index in [0.29, 0.717) is 17.0 Å². The van der Waals surface area contributed by atoms with E-state index in [4.69, 9.17) is 15.2 Å². The highest BCUT2D eigenvalue weighted by Gasteiger charge is 2.18. The van der Waals surface area contributed by atoms with Gasteiger partial charge in [0.05, 0.1) is 10.5 Å². The summed E-state index contributed by atoms with van der Waals surface area (Å²) in [7, 11) is 1.62. The maximum Gasteiger partial charge on any atom is 0.261 e. The van der Waals surface area contributed by atoms with E-state index in [1.807, 2.05) is 37.3 Å². The van der Waals surface area contributed by atoms with Crippen molar-refractivity contribution in [1.82, 2.24) is 5.16 Å². The van der Waals surface area contributed by atoms with Crippen LogP contribution >= 0.6 is 10.7 Å². The number of aryl methyl sites for hydroxylation is 1. The average Bonchev–Trinajstić information content (AvgIpc) is 2.89. The summed E-state index contributed by atoms with van der Waals surface area (Å²) in [5.74, 6) is 0.667. The third-order valence-corrected chi connectivity index (χ3v) is 4.67. The van der Waals surface area contributed by atoms with Crippen molar-refractivity contribution in [3.05, 3.63) is 60.4 Å². The fourth-order valence-electron chi connectivity index (χ4n) is 2.31. The van der Waals surface area contributed by atoms with Crippen molar-refractivity contribution >= 4 is 19.7 Å². The van der Waals surface area contributed by atoms with Gasteiger partial charge in [0, 0.05) is 16.2 Å². The van der Waals surface area contributed by atoms with Gasteiger partial charge < -0.3 is 4.52 Å². The molecule has 0 amide bonds. The Labute approximate surface area is 132 Å². The van der Waals surface area contributed by atoms with Crippen LogP contribution < -0.4 is 0 Å².